The Morgan fingerprint density at radius 3 is 2.29 bits per heavy atom. The van der Waals surface area contributed by atoms with Crippen molar-refractivity contribution < 1.29 is 24.3 Å². The molecule has 2 rings (SSSR count). The molecule has 1 heterocycles. The van der Waals surface area contributed by atoms with Crippen molar-refractivity contribution in [3.63, 3.8) is 0 Å². The van der Waals surface area contributed by atoms with Crippen LogP contribution < -0.4 is 5.32 Å². The summed E-state index contributed by atoms with van der Waals surface area (Å²) in [4.78, 5) is 48.3. The second-order valence-electron chi connectivity index (χ2n) is 4.96. The number of Topliss-reactive ketones (excluding diaryl/α,β-unsaturated/α-hetero) is 1. The van der Waals surface area contributed by atoms with E-state index in [9.17, 15) is 24.3 Å². The summed E-state index contributed by atoms with van der Waals surface area (Å²) in [6.45, 7) is 3.11. The number of hydrogen-bond acceptors (Lipinski definition) is 5. The highest BCUT2D eigenvalue weighted by molar-refractivity contribution is 6.26. The van der Waals surface area contributed by atoms with E-state index in [-0.39, 0.29) is 11.3 Å². The van der Waals surface area contributed by atoms with E-state index in [1.807, 2.05) is 0 Å². The Morgan fingerprint density at radius 1 is 1.19 bits per heavy atom. The zero-order valence-corrected chi connectivity index (χ0v) is 11.5. The molecule has 1 atom stereocenters. The minimum atomic E-state index is -1.41. The quantitative estimate of drug-likeness (QED) is 0.484. The summed E-state index contributed by atoms with van der Waals surface area (Å²) in [7, 11) is 0. The van der Waals surface area contributed by atoms with Crippen LogP contribution >= 0.6 is 0 Å². The third-order valence-electron chi connectivity index (χ3n) is 3.07. The average Bonchev–Trinajstić information content (AvgIpc) is 2.73. The Hall–Kier alpha value is -2.70. The molecule has 110 valence electrons. The fraction of sp³-hybridized carbons (Fsp3) is 0.286. The lowest BCUT2D eigenvalue weighted by Crippen LogP contribution is -2.41. The lowest BCUT2D eigenvalue weighted by Gasteiger charge is -2.13. The molecule has 0 aromatic heterocycles. The number of phenols is 1. The molecule has 0 radical (unpaired) electrons. The van der Waals surface area contributed by atoms with Crippen LogP contribution in [0.15, 0.2) is 24.3 Å². The third kappa shape index (κ3) is 2.62. The molecule has 1 aliphatic rings. The Labute approximate surface area is 120 Å². The van der Waals surface area contributed by atoms with Gasteiger partial charge in [0, 0.05) is 11.5 Å². The van der Waals surface area contributed by atoms with Crippen LogP contribution in [-0.2, 0) is 9.59 Å². The maximum absolute atomic E-state index is 12.2. The molecule has 2 N–H and O–H groups in total. The predicted octanol–water partition coefficient (Wildman–Crippen LogP) is 0.678. The van der Waals surface area contributed by atoms with Gasteiger partial charge in [0.2, 0.25) is 5.91 Å². The molecule has 1 fully saturated rings. The van der Waals surface area contributed by atoms with Gasteiger partial charge in [0.05, 0.1) is 0 Å². The maximum atomic E-state index is 12.2. The van der Waals surface area contributed by atoms with Gasteiger partial charge < -0.3 is 10.4 Å². The summed E-state index contributed by atoms with van der Waals surface area (Å²) in [5, 5.41) is 11.4. The first-order chi connectivity index (χ1) is 9.82. The largest absolute Gasteiger partial charge is 0.508 e. The van der Waals surface area contributed by atoms with Crippen molar-refractivity contribution in [2.45, 2.75) is 19.9 Å². The Morgan fingerprint density at radius 2 is 1.76 bits per heavy atom. The summed E-state index contributed by atoms with van der Waals surface area (Å²) < 4.78 is 0. The highest BCUT2D eigenvalue weighted by Gasteiger charge is 2.46. The molecule has 4 amide bonds. The average molecular weight is 290 g/mol. The van der Waals surface area contributed by atoms with E-state index in [0.717, 1.165) is 0 Å². The van der Waals surface area contributed by atoms with Crippen molar-refractivity contribution in [1.82, 2.24) is 10.2 Å². The van der Waals surface area contributed by atoms with E-state index >= 15 is 0 Å². The molecule has 0 bridgehead atoms. The Bertz CT molecular complexity index is 621. The fourth-order valence-corrected chi connectivity index (χ4v) is 1.92. The number of aromatic hydroxyl groups is 1. The molecule has 1 unspecified atom stereocenters. The Balaban J connectivity index is 2.24. The van der Waals surface area contributed by atoms with Gasteiger partial charge in [0.25, 0.3) is 5.91 Å². The van der Waals surface area contributed by atoms with E-state index in [1.165, 1.54) is 24.3 Å². The number of amides is 4. The molecule has 21 heavy (non-hydrogen) atoms. The number of hydrogen-bond donors (Lipinski definition) is 2. The lowest BCUT2D eigenvalue weighted by atomic mass is 10.0. The van der Waals surface area contributed by atoms with Gasteiger partial charge in [-0.3, -0.25) is 14.4 Å². The van der Waals surface area contributed by atoms with Crippen LogP contribution in [0.4, 0.5) is 4.79 Å². The zero-order chi connectivity index (χ0) is 15.7. The summed E-state index contributed by atoms with van der Waals surface area (Å²) in [6.07, 6.45) is 0. The van der Waals surface area contributed by atoms with Crippen molar-refractivity contribution in [2.24, 2.45) is 5.92 Å². The van der Waals surface area contributed by atoms with Crippen LogP contribution in [0.25, 0.3) is 0 Å². The monoisotopic (exact) mass is 290 g/mol. The number of carbonyl (C=O) groups is 4. The summed E-state index contributed by atoms with van der Waals surface area (Å²) in [5.74, 6) is -2.73. The molecule has 0 aliphatic carbocycles. The predicted molar refractivity (Wildman–Crippen MR) is 71.4 cm³/mol. The van der Waals surface area contributed by atoms with Crippen LogP contribution in [0.2, 0.25) is 0 Å². The molecule has 7 nitrogen and oxygen atoms in total. The number of nitrogens with zero attached hydrogens (tertiary/aromatic N) is 1. The van der Waals surface area contributed by atoms with Gasteiger partial charge in [0.1, 0.15) is 5.75 Å². The lowest BCUT2D eigenvalue weighted by molar-refractivity contribution is -0.141. The van der Waals surface area contributed by atoms with Gasteiger partial charge in [-0.25, -0.2) is 4.79 Å². The highest BCUT2D eigenvalue weighted by Crippen LogP contribution is 2.17. The summed E-state index contributed by atoms with van der Waals surface area (Å²) in [6, 6.07) is 2.96. The standard InChI is InChI=1S/C14H14N2O5/c1-7(2)12(19)16-13(20)10(15-14(16)21)11(18)8-3-5-9(17)6-4-8/h3-7,10,17H,1-2H3,(H,15,21). The van der Waals surface area contributed by atoms with Gasteiger partial charge in [0.15, 0.2) is 11.8 Å². The van der Waals surface area contributed by atoms with Crippen molar-refractivity contribution in [3.05, 3.63) is 29.8 Å². The Kier molecular flexibility index (Phi) is 3.75. The van der Waals surface area contributed by atoms with Crippen LogP contribution in [-0.4, -0.2) is 39.7 Å². The van der Waals surface area contributed by atoms with E-state index < -0.39 is 35.6 Å². The number of urea groups is 1. The van der Waals surface area contributed by atoms with Crippen molar-refractivity contribution >= 4 is 23.6 Å². The SMILES string of the molecule is CC(C)C(=O)N1C(=O)NC(C(=O)c2ccc(O)cc2)C1=O. The van der Waals surface area contributed by atoms with Crippen LogP contribution in [0.5, 0.6) is 5.75 Å². The molecule has 1 aromatic carbocycles. The number of phenolic OH excluding ortho intramolecular Hbond substituents is 1. The normalized spacial score (nSPS) is 18.0. The number of rotatable bonds is 3. The van der Waals surface area contributed by atoms with Gasteiger partial charge in [-0.15, -0.1) is 0 Å². The second-order valence-corrected chi connectivity index (χ2v) is 4.96. The van der Waals surface area contributed by atoms with E-state index in [0.29, 0.717) is 4.90 Å². The number of benzene rings is 1. The number of ketones is 1. The molecular weight excluding hydrogens is 276 g/mol. The number of carbonyl (C=O) groups excluding carboxylic acids is 4. The first kappa shape index (κ1) is 14.7. The van der Waals surface area contributed by atoms with Gasteiger partial charge in [-0.2, -0.15) is 4.90 Å². The maximum Gasteiger partial charge on any atom is 0.332 e. The van der Waals surface area contributed by atoms with E-state index in [4.69, 9.17) is 0 Å². The number of nitrogens with one attached hydrogen (secondary N) is 1. The number of imide groups is 3. The van der Waals surface area contributed by atoms with Gasteiger partial charge in [-0.1, -0.05) is 13.8 Å². The first-order valence-corrected chi connectivity index (χ1v) is 6.34. The third-order valence-corrected chi connectivity index (χ3v) is 3.07. The minimum absolute atomic E-state index is 0.0232. The van der Waals surface area contributed by atoms with Crippen molar-refractivity contribution in [2.75, 3.05) is 0 Å². The smallest absolute Gasteiger partial charge is 0.332 e. The molecule has 0 saturated carbocycles. The molecule has 7 heteroatoms. The van der Waals surface area contributed by atoms with Crippen molar-refractivity contribution in [3.8, 4) is 5.75 Å². The molecule has 1 saturated heterocycles. The summed E-state index contributed by atoms with van der Waals surface area (Å²) in [5.41, 5.74) is 0.158. The van der Waals surface area contributed by atoms with Gasteiger partial charge in [-0.05, 0) is 24.3 Å². The zero-order valence-electron chi connectivity index (χ0n) is 11.5. The van der Waals surface area contributed by atoms with Gasteiger partial charge >= 0.3 is 6.03 Å². The molecule has 1 aliphatic heterocycles. The fourth-order valence-electron chi connectivity index (χ4n) is 1.92. The second kappa shape index (κ2) is 5.35. The molecule has 1 aromatic rings. The topological polar surface area (TPSA) is 104 Å². The van der Waals surface area contributed by atoms with Crippen LogP contribution in [0, 0.1) is 5.92 Å². The van der Waals surface area contributed by atoms with Crippen LogP contribution in [0.1, 0.15) is 24.2 Å². The highest BCUT2D eigenvalue weighted by atomic mass is 16.3. The van der Waals surface area contributed by atoms with E-state index in [2.05, 4.69) is 5.32 Å². The first-order valence-electron chi connectivity index (χ1n) is 6.34. The molecule has 0 spiro atoms. The van der Waals surface area contributed by atoms with Crippen molar-refractivity contribution in [1.29, 1.82) is 0 Å². The molecular formula is C14H14N2O5. The van der Waals surface area contributed by atoms with E-state index in [1.54, 1.807) is 13.8 Å². The minimum Gasteiger partial charge on any atom is -0.508 e. The van der Waals surface area contributed by atoms with Crippen LogP contribution in [0.3, 0.4) is 0 Å². The summed E-state index contributed by atoms with van der Waals surface area (Å²) >= 11 is 0.